The van der Waals surface area contributed by atoms with Crippen molar-refractivity contribution < 1.29 is 24.2 Å². The number of cyclic esters (lactones) is 1. The van der Waals surface area contributed by atoms with Gasteiger partial charge < -0.3 is 14.6 Å². The largest absolute Gasteiger partial charge is 0.458 e. The van der Waals surface area contributed by atoms with Gasteiger partial charge in [-0.3, -0.25) is 4.79 Å². The molecule has 33 heavy (non-hydrogen) atoms. The third kappa shape index (κ3) is 2.51. The average molecular weight is 453 g/mol. The van der Waals surface area contributed by atoms with E-state index in [-0.39, 0.29) is 41.2 Å². The molecule has 0 unspecified atom stereocenters. The zero-order valence-corrected chi connectivity index (χ0v) is 20.4. The van der Waals surface area contributed by atoms with Gasteiger partial charge in [0, 0.05) is 17.9 Å². The maximum atomic E-state index is 13.3. The molecule has 2 saturated carbocycles. The molecular formula is C28H36O5. The number of aliphatic hydroxyl groups is 1. The van der Waals surface area contributed by atoms with E-state index in [9.17, 15) is 14.7 Å². The number of hydrogen-bond donors (Lipinski definition) is 1. The summed E-state index contributed by atoms with van der Waals surface area (Å²) in [4.78, 5) is 25.7. The lowest BCUT2D eigenvalue weighted by Crippen LogP contribution is -2.63. The highest BCUT2D eigenvalue weighted by atomic mass is 16.6. The van der Waals surface area contributed by atoms with Crippen LogP contribution in [0.4, 0.5) is 0 Å². The maximum Gasteiger partial charge on any atom is 0.333 e. The standard InChI is InChI=1S/C28H36O5/c1-14-12-21(32-25(31)15(14)2)16(3)18-6-7-19-17-13-24-28(33-24)23(30)9-8-22(29)27(28,5)20(17)10-11-26(18,19)4/h6,8-9,16-17,19-21,23-24,30H,7,10-13H2,1-5H3/t16-,17-,19-,20-,21+,23-,24+,26+,27-,28+/m0/s1. The molecule has 0 aromatic heterocycles. The predicted molar refractivity (Wildman–Crippen MR) is 123 cm³/mol. The molecule has 0 amide bonds. The Morgan fingerprint density at radius 1 is 1.18 bits per heavy atom. The van der Waals surface area contributed by atoms with Crippen LogP contribution in [0.5, 0.6) is 0 Å². The fraction of sp³-hybridized carbons (Fsp3) is 0.714. The van der Waals surface area contributed by atoms with E-state index in [0.29, 0.717) is 11.8 Å². The number of aliphatic hydroxyl groups excluding tert-OH is 1. The number of carbonyl (C=O) groups is 2. The van der Waals surface area contributed by atoms with E-state index in [0.717, 1.165) is 43.3 Å². The lowest BCUT2D eigenvalue weighted by atomic mass is 9.44. The van der Waals surface area contributed by atoms with Crippen molar-refractivity contribution in [2.45, 2.75) is 90.6 Å². The van der Waals surface area contributed by atoms with Crippen LogP contribution in [0, 0.1) is 34.5 Å². The lowest BCUT2D eigenvalue weighted by molar-refractivity contribution is -0.149. The third-order valence-electron chi connectivity index (χ3n) is 11.0. The molecule has 178 valence electrons. The van der Waals surface area contributed by atoms with Gasteiger partial charge in [0.2, 0.25) is 0 Å². The Labute approximate surface area is 196 Å². The summed E-state index contributed by atoms with van der Waals surface area (Å²) in [5.74, 6) is 1.21. The zero-order chi connectivity index (χ0) is 23.5. The highest BCUT2D eigenvalue weighted by Crippen LogP contribution is 2.72. The summed E-state index contributed by atoms with van der Waals surface area (Å²) in [7, 11) is 0. The van der Waals surface area contributed by atoms with Crippen molar-refractivity contribution in [3.8, 4) is 0 Å². The topological polar surface area (TPSA) is 76.1 Å². The first-order valence-electron chi connectivity index (χ1n) is 12.7. The molecule has 6 aliphatic rings. The Morgan fingerprint density at radius 2 is 1.94 bits per heavy atom. The number of ether oxygens (including phenoxy) is 2. The molecule has 1 spiro atoms. The summed E-state index contributed by atoms with van der Waals surface area (Å²) >= 11 is 0. The minimum atomic E-state index is -0.714. The molecule has 6 rings (SSSR count). The summed E-state index contributed by atoms with van der Waals surface area (Å²) in [6, 6.07) is 0. The van der Waals surface area contributed by atoms with Crippen molar-refractivity contribution in [1.29, 1.82) is 0 Å². The molecule has 0 aromatic carbocycles. The maximum absolute atomic E-state index is 13.3. The van der Waals surface area contributed by atoms with Crippen LogP contribution in [-0.2, 0) is 19.1 Å². The van der Waals surface area contributed by atoms with Crippen molar-refractivity contribution in [1.82, 2.24) is 0 Å². The van der Waals surface area contributed by atoms with Gasteiger partial charge in [-0.25, -0.2) is 4.79 Å². The van der Waals surface area contributed by atoms with Gasteiger partial charge >= 0.3 is 5.97 Å². The number of ketones is 1. The van der Waals surface area contributed by atoms with Crippen LogP contribution in [-0.4, -0.2) is 40.8 Å². The van der Waals surface area contributed by atoms with Crippen molar-refractivity contribution in [3.63, 3.8) is 0 Å². The van der Waals surface area contributed by atoms with Crippen LogP contribution in [0.1, 0.15) is 66.7 Å². The minimum Gasteiger partial charge on any atom is -0.458 e. The van der Waals surface area contributed by atoms with Gasteiger partial charge in [0.05, 0.1) is 11.5 Å². The Hall–Kier alpha value is -1.72. The molecule has 0 aromatic rings. The summed E-state index contributed by atoms with van der Waals surface area (Å²) in [6.45, 7) is 10.6. The molecule has 2 heterocycles. The van der Waals surface area contributed by atoms with Crippen molar-refractivity contribution in [2.75, 3.05) is 0 Å². The lowest BCUT2D eigenvalue weighted by Gasteiger charge is -2.57. The second-order valence-corrected chi connectivity index (χ2v) is 12.1. The average Bonchev–Trinajstić information content (AvgIpc) is 3.41. The number of esters is 1. The smallest absolute Gasteiger partial charge is 0.333 e. The monoisotopic (exact) mass is 452 g/mol. The molecule has 1 N–H and O–H groups in total. The summed E-state index contributed by atoms with van der Waals surface area (Å²) < 4.78 is 12.1. The Morgan fingerprint density at radius 3 is 2.67 bits per heavy atom. The quantitative estimate of drug-likeness (QED) is 0.384. The first-order chi connectivity index (χ1) is 15.6. The Kier molecular flexibility index (Phi) is 4.42. The summed E-state index contributed by atoms with van der Waals surface area (Å²) in [5.41, 5.74) is 2.01. The first-order valence-corrected chi connectivity index (χ1v) is 12.7. The van der Waals surface area contributed by atoms with Crippen LogP contribution in [0.2, 0.25) is 0 Å². The highest BCUT2D eigenvalue weighted by molar-refractivity contribution is 5.98. The van der Waals surface area contributed by atoms with E-state index in [4.69, 9.17) is 9.47 Å². The van der Waals surface area contributed by atoms with Gasteiger partial charge in [-0.1, -0.05) is 31.1 Å². The molecule has 0 radical (unpaired) electrons. The molecule has 0 bridgehead atoms. The van der Waals surface area contributed by atoms with Crippen LogP contribution < -0.4 is 0 Å². The van der Waals surface area contributed by atoms with E-state index in [2.05, 4.69) is 26.8 Å². The van der Waals surface area contributed by atoms with E-state index < -0.39 is 17.1 Å². The molecule has 4 aliphatic carbocycles. The van der Waals surface area contributed by atoms with Gasteiger partial charge in [0.1, 0.15) is 17.8 Å². The normalized spacial score (nSPS) is 51.2. The van der Waals surface area contributed by atoms with Crippen LogP contribution in [0.25, 0.3) is 0 Å². The number of hydrogen-bond acceptors (Lipinski definition) is 5. The van der Waals surface area contributed by atoms with Crippen LogP contribution in [0.15, 0.2) is 34.9 Å². The Balaban J connectivity index is 1.29. The SMILES string of the molecule is CC1=C(C)C(=O)O[C@@H]([C@@H](C)C2=CC[C@H]3[C@@H]4C[C@H]5O[C@]56[C@@H](O)C=CC(=O)[C@]6(C)[C@H]4CC[C@]23C)C1. The van der Waals surface area contributed by atoms with E-state index in [1.807, 2.05) is 13.8 Å². The number of allylic oxidation sites excluding steroid dienone is 2. The van der Waals surface area contributed by atoms with Crippen LogP contribution in [0.3, 0.4) is 0 Å². The summed E-state index contributed by atoms with van der Waals surface area (Å²) in [6.07, 6.45) is 9.53. The predicted octanol–water partition coefficient (Wildman–Crippen LogP) is 4.30. The fourth-order valence-corrected chi connectivity index (χ4v) is 8.87. The molecule has 2 aliphatic heterocycles. The molecule has 1 saturated heterocycles. The zero-order valence-electron chi connectivity index (χ0n) is 20.4. The number of rotatable bonds is 2. The summed E-state index contributed by atoms with van der Waals surface area (Å²) in [5, 5.41) is 10.8. The van der Waals surface area contributed by atoms with Crippen molar-refractivity contribution in [2.24, 2.45) is 34.5 Å². The van der Waals surface area contributed by atoms with Gasteiger partial charge in [-0.05, 0) is 81.8 Å². The highest BCUT2D eigenvalue weighted by Gasteiger charge is 2.80. The van der Waals surface area contributed by atoms with E-state index in [1.165, 1.54) is 5.57 Å². The van der Waals surface area contributed by atoms with E-state index >= 15 is 0 Å². The molecule has 3 fully saturated rings. The van der Waals surface area contributed by atoms with Crippen LogP contribution >= 0.6 is 0 Å². The third-order valence-corrected chi connectivity index (χ3v) is 11.0. The second-order valence-electron chi connectivity index (χ2n) is 12.1. The minimum absolute atomic E-state index is 0.0356. The number of fused-ring (bicyclic) bond motifs is 4. The fourth-order valence-electron chi connectivity index (χ4n) is 8.87. The number of carbonyl (C=O) groups excluding carboxylic acids is 2. The molecule has 5 heteroatoms. The molecule has 5 nitrogen and oxygen atoms in total. The number of epoxide rings is 1. The molecule has 10 atom stereocenters. The van der Waals surface area contributed by atoms with Gasteiger partial charge in [0.25, 0.3) is 0 Å². The van der Waals surface area contributed by atoms with Gasteiger partial charge in [0.15, 0.2) is 5.78 Å². The van der Waals surface area contributed by atoms with Crippen molar-refractivity contribution >= 4 is 11.8 Å². The van der Waals surface area contributed by atoms with Crippen molar-refractivity contribution in [3.05, 3.63) is 34.9 Å². The Bertz CT molecular complexity index is 1040. The van der Waals surface area contributed by atoms with Gasteiger partial charge in [-0.2, -0.15) is 0 Å². The van der Waals surface area contributed by atoms with E-state index in [1.54, 1.807) is 12.2 Å². The first kappa shape index (κ1) is 21.8. The second kappa shape index (κ2) is 6.69. The molecular weight excluding hydrogens is 416 g/mol. The van der Waals surface area contributed by atoms with Gasteiger partial charge in [-0.15, -0.1) is 0 Å².